The summed E-state index contributed by atoms with van der Waals surface area (Å²) in [6, 6.07) is 49.4. The van der Waals surface area contributed by atoms with Gasteiger partial charge in [0.1, 0.15) is 28.2 Å². The molecule has 0 aliphatic carbocycles. The predicted molar refractivity (Wildman–Crippen MR) is 211 cm³/mol. The molecule has 0 saturated carbocycles. The summed E-state index contributed by atoms with van der Waals surface area (Å²) in [6.07, 6.45) is 1.59. The molecular formula is C44H37N3O5S. The highest BCUT2D eigenvalue weighted by atomic mass is 32.2. The second kappa shape index (κ2) is 18.1. The van der Waals surface area contributed by atoms with Crippen LogP contribution in [0.4, 0.5) is 11.4 Å². The number of hydrogen-bond donors (Lipinski definition) is 3. The second-order valence-electron chi connectivity index (χ2n) is 11.7. The molecule has 0 aliphatic heterocycles. The minimum absolute atomic E-state index is 0.0331. The van der Waals surface area contributed by atoms with Gasteiger partial charge in [-0.2, -0.15) is 0 Å². The van der Waals surface area contributed by atoms with Crippen LogP contribution in [0.25, 0.3) is 6.08 Å². The van der Waals surface area contributed by atoms with Crippen LogP contribution in [0, 0.1) is 0 Å². The molecule has 6 aromatic carbocycles. The number of carbonyl (C=O) groups excluding carboxylic acids is 3. The van der Waals surface area contributed by atoms with Gasteiger partial charge in [-0.05, 0) is 91.4 Å². The van der Waals surface area contributed by atoms with Gasteiger partial charge in [0, 0.05) is 27.4 Å². The third-order valence-electron chi connectivity index (χ3n) is 7.83. The number of amides is 3. The largest absolute Gasteiger partial charge is 0.493 e. The normalized spacial score (nSPS) is 11.5. The van der Waals surface area contributed by atoms with Crippen molar-refractivity contribution in [2.45, 2.75) is 17.1 Å². The van der Waals surface area contributed by atoms with E-state index in [0.717, 1.165) is 16.2 Å². The Kier molecular flexibility index (Phi) is 12.4. The first-order valence-electron chi connectivity index (χ1n) is 17.0. The molecule has 0 fully saturated rings. The van der Waals surface area contributed by atoms with Crippen LogP contribution < -0.4 is 25.4 Å². The highest BCUT2D eigenvalue weighted by Gasteiger charge is 2.23. The lowest BCUT2D eigenvalue weighted by molar-refractivity contribution is -0.116. The fourth-order valence-electron chi connectivity index (χ4n) is 5.31. The summed E-state index contributed by atoms with van der Waals surface area (Å²) in [4.78, 5) is 41.6. The minimum Gasteiger partial charge on any atom is -0.493 e. The van der Waals surface area contributed by atoms with Gasteiger partial charge in [0.25, 0.3) is 11.8 Å². The lowest BCUT2D eigenvalue weighted by Crippen LogP contribution is -2.30. The number of anilines is 2. The Morgan fingerprint density at radius 2 is 1.30 bits per heavy atom. The zero-order valence-electron chi connectivity index (χ0n) is 28.9. The second-order valence-corrected chi connectivity index (χ2v) is 12.8. The standard InChI is InChI=1S/C44H37N3O5S/c1-2-51-40-24-13-12-19-33(40)29-39(47-42(48)32-17-8-4-9-18-32)43(49)46-35-20-14-23-38(30-35)53-41(31-15-6-3-7-16-31)44(50)45-34-25-27-37(28-26-34)52-36-21-10-5-11-22-36/h3-30,41H,2H2,1H3,(H,45,50)(H,46,49)(H,47,48)/b39-29+. The molecule has 8 nitrogen and oxygen atoms in total. The van der Waals surface area contributed by atoms with Gasteiger partial charge in [0.05, 0.1) is 6.61 Å². The number of hydrogen-bond acceptors (Lipinski definition) is 6. The number of para-hydroxylation sites is 2. The van der Waals surface area contributed by atoms with Crippen LogP contribution in [0.2, 0.25) is 0 Å². The van der Waals surface area contributed by atoms with Gasteiger partial charge in [0.2, 0.25) is 5.91 Å². The molecule has 0 aromatic heterocycles. The number of carbonyl (C=O) groups is 3. The lowest BCUT2D eigenvalue weighted by atomic mass is 10.1. The highest BCUT2D eigenvalue weighted by molar-refractivity contribution is 8.00. The Hall–Kier alpha value is -6.58. The molecule has 0 heterocycles. The molecule has 1 unspecified atom stereocenters. The quantitative estimate of drug-likeness (QED) is 0.0765. The molecule has 3 N–H and O–H groups in total. The molecule has 0 spiro atoms. The molecule has 6 aromatic rings. The van der Waals surface area contributed by atoms with Gasteiger partial charge >= 0.3 is 0 Å². The molecule has 0 radical (unpaired) electrons. The molecule has 264 valence electrons. The molecular weight excluding hydrogens is 683 g/mol. The predicted octanol–water partition coefficient (Wildman–Crippen LogP) is 9.76. The minimum atomic E-state index is -0.613. The first-order chi connectivity index (χ1) is 25.9. The third kappa shape index (κ3) is 10.2. The number of ether oxygens (including phenoxy) is 2. The summed E-state index contributed by atoms with van der Waals surface area (Å²) >= 11 is 1.35. The van der Waals surface area contributed by atoms with Crippen LogP contribution in [0.5, 0.6) is 17.2 Å². The van der Waals surface area contributed by atoms with E-state index >= 15 is 0 Å². The summed E-state index contributed by atoms with van der Waals surface area (Å²) < 4.78 is 11.7. The van der Waals surface area contributed by atoms with E-state index in [1.54, 1.807) is 78.9 Å². The van der Waals surface area contributed by atoms with Crippen LogP contribution in [0.15, 0.2) is 174 Å². The van der Waals surface area contributed by atoms with Gasteiger partial charge < -0.3 is 25.4 Å². The molecule has 1 atom stereocenters. The van der Waals surface area contributed by atoms with Crippen molar-refractivity contribution in [3.8, 4) is 17.2 Å². The third-order valence-corrected chi connectivity index (χ3v) is 9.08. The van der Waals surface area contributed by atoms with Crippen molar-refractivity contribution in [2.24, 2.45) is 0 Å². The first-order valence-corrected chi connectivity index (χ1v) is 17.9. The summed E-state index contributed by atoms with van der Waals surface area (Å²) in [5.74, 6) is 0.779. The number of nitrogens with one attached hydrogen (secondary N) is 3. The Labute approximate surface area is 312 Å². The fourth-order valence-corrected chi connectivity index (χ4v) is 6.39. The van der Waals surface area contributed by atoms with Crippen LogP contribution in [-0.2, 0) is 9.59 Å². The van der Waals surface area contributed by atoms with E-state index in [1.165, 1.54) is 11.8 Å². The fraction of sp³-hybridized carbons (Fsp3) is 0.0682. The van der Waals surface area contributed by atoms with E-state index < -0.39 is 17.1 Å². The molecule has 3 amide bonds. The van der Waals surface area contributed by atoms with Crippen molar-refractivity contribution in [3.05, 3.63) is 186 Å². The Morgan fingerprint density at radius 3 is 2.02 bits per heavy atom. The maximum Gasteiger partial charge on any atom is 0.272 e. The molecule has 0 aliphatic rings. The van der Waals surface area contributed by atoms with E-state index in [9.17, 15) is 14.4 Å². The molecule has 0 bridgehead atoms. The lowest BCUT2D eigenvalue weighted by Gasteiger charge is -2.18. The van der Waals surface area contributed by atoms with E-state index in [1.807, 2.05) is 97.9 Å². The number of rotatable bonds is 14. The average molecular weight is 720 g/mol. The monoisotopic (exact) mass is 719 g/mol. The van der Waals surface area contributed by atoms with Crippen molar-refractivity contribution in [1.82, 2.24) is 5.32 Å². The van der Waals surface area contributed by atoms with E-state index in [4.69, 9.17) is 9.47 Å². The van der Waals surface area contributed by atoms with Crippen molar-refractivity contribution in [3.63, 3.8) is 0 Å². The summed E-state index contributed by atoms with van der Waals surface area (Å²) in [5.41, 5.74) is 3.00. The topological polar surface area (TPSA) is 106 Å². The van der Waals surface area contributed by atoms with E-state index in [2.05, 4.69) is 16.0 Å². The van der Waals surface area contributed by atoms with Crippen molar-refractivity contribution < 1.29 is 23.9 Å². The van der Waals surface area contributed by atoms with Crippen molar-refractivity contribution in [1.29, 1.82) is 0 Å². The SMILES string of the molecule is CCOc1ccccc1/C=C(/NC(=O)c1ccccc1)C(=O)Nc1cccc(SC(C(=O)Nc2ccc(Oc3ccccc3)cc2)c2ccccc2)c1. The Bertz CT molecular complexity index is 2180. The average Bonchev–Trinajstić information content (AvgIpc) is 3.19. The van der Waals surface area contributed by atoms with E-state index in [0.29, 0.717) is 40.6 Å². The van der Waals surface area contributed by atoms with Crippen molar-refractivity contribution >= 4 is 46.9 Å². The maximum atomic E-state index is 13.8. The van der Waals surface area contributed by atoms with E-state index in [-0.39, 0.29) is 11.6 Å². The molecule has 53 heavy (non-hydrogen) atoms. The van der Waals surface area contributed by atoms with Crippen LogP contribution in [-0.4, -0.2) is 24.3 Å². The molecule has 0 saturated heterocycles. The molecule has 9 heteroatoms. The zero-order valence-corrected chi connectivity index (χ0v) is 29.7. The van der Waals surface area contributed by atoms with Gasteiger partial charge in [-0.3, -0.25) is 14.4 Å². The maximum absolute atomic E-state index is 13.8. The summed E-state index contributed by atoms with van der Waals surface area (Å²) in [5, 5.41) is 8.13. The molecule has 6 rings (SSSR count). The smallest absolute Gasteiger partial charge is 0.272 e. The number of benzene rings is 6. The summed E-state index contributed by atoms with van der Waals surface area (Å²) in [7, 11) is 0. The van der Waals surface area contributed by atoms with Crippen LogP contribution in [0.3, 0.4) is 0 Å². The van der Waals surface area contributed by atoms with Crippen LogP contribution in [0.1, 0.15) is 33.7 Å². The Balaban J connectivity index is 1.20. The van der Waals surface area contributed by atoms with Gasteiger partial charge in [-0.15, -0.1) is 11.8 Å². The van der Waals surface area contributed by atoms with Gasteiger partial charge in [-0.25, -0.2) is 0 Å². The first kappa shape index (κ1) is 36.2. The van der Waals surface area contributed by atoms with Gasteiger partial charge in [-0.1, -0.05) is 91.0 Å². The zero-order chi connectivity index (χ0) is 36.8. The van der Waals surface area contributed by atoms with Crippen LogP contribution >= 0.6 is 11.8 Å². The highest BCUT2D eigenvalue weighted by Crippen LogP contribution is 2.37. The number of thioether (sulfide) groups is 1. The van der Waals surface area contributed by atoms with Gasteiger partial charge in [0.15, 0.2) is 0 Å². The summed E-state index contributed by atoms with van der Waals surface area (Å²) in [6.45, 7) is 2.31. The van der Waals surface area contributed by atoms with Crippen molar-refractivity contribution in [2.75, 3.05) is 17.2 Å². The Morgan fingerprint density at radius 1 is 0.660 bits per heavy atom.